The summed E-state index contributed by atoms with van der Waals surface area (Å²) in [6.07, 6.45) is 12.7. The lowest BCUT2D eigenvalue weighted by molar-refractivity contribution is -0.150. The highest BCUT2D eigenvalue weighted by Gasteiger charge is 2.32. The lowest BCUT2D eigenvalue weighted by atomic mass is 9.72. The van der Waals surface area contributed by atoms with E-state index in [1.165, 1.54) is 69.8 Å². The van der Waals surface area contributed by atoms with Gasteiger partial charge in [-0.15, -0.1) is 0 Å². The number of methoxy groups -OCH3 is 1. The lowest BCUT2D eigenvalue weighted by Crippen LogP contribution is -2.30. The third-order valence-corrected chi connectivity index (χ3v) is 5.37. The first-order valence-electron chi connectivity index (χ1n) is 9.87. The molecule has 0 radical (unpaired) electrons. The van der Waals surface area contributed by atoms with E-state index in [1.54, 1.807) is 7.11 Å². The van der Waals surface area contributed by atoms with Crippen molar-refractivity contribution in [3.05, 3.63) is 11.1 Å². The second-order valence-electron chi connectivity index (χ2n) is 8.54. The summed E-state index contributed by atoms with van der Waals surface area (Å²) in [5.41, 5.74) is 1.76. The van der Waals surface area contributed by atoms with Crippen molar-refractivity contribution in [3.8, 4) is 0 Å². The van der Waals surface area contributed by atoms with Crippen molar-refractivity contribution in [3.63, 3.8) is 0 Å². The van der Waals surface area contributed by atoms with Gasteiger partial charge in [0.25, 0.3) is 0 Å². The Hall–Kier alpha value is -0.830. The number of rotatable bonds is 5. The van der Waals surface area contributed by atoms with Crippen LogP contribution in [0.1, 0.15) is 85.0 Å². The second kappa shape index (κ2) is 9.03. The van der Waals surface area contributed by atoms with E-state index in [1.807, 2.05) is 20.8 Å². The van der Waals surface area contributed by atoms with Crippen LogP contribution in [0.25, 0.3) is 0 Å². The Labute approximate surface area is 148 Å². The smallest absolute Gasteiger partial charge is 0.336 e. The van der Waals surface area contributed by atoms with E-state index in [0.717, 1.165) is 5.57 Å². The molecule has 3 nitrogen and oxygen atoms in total. The minimum absolute atomic E-state index is 0.157. The van der Waals surface area contributed by atoms with Crippen molar-refractivity contribution in [2.75, 3.05) is 13.7 Å². The number of esters is 1. The van der Waals surface area contributed by atoms with Gasteiger partial charge < -0.3 is 9.47 Å². The van der Waals surface area contributed by atoms with Crippen LogP contribution < -0.4 is 0 Å². The highest BCUT2D eigenvalue weighted by Crippen LogP contribution is 2.41. The molecule has 0 aromatic heterocycles. The molecule has 2 aliphatic carbocycles. The van der Waals surface area contributed by atoms with Gasteiger partial charge in [0.2, 0.25) is 0 Å². The van der Waals surface area contributed by atoms with E-state index >= 15 is 0 Å². The van der Waals surface area contributed by atoms with Gasteiger partial charge in [0.1, 0.15) is 5.60 Å². The van der Waals surface area contributed by atoms with Crippen molar-refractivity contribution < 1.29 is 14.3 Å². The second-order valence-corrected chi connectivity index (χ2v) is 8.54. The summed E-state index contributed by atoms with van der Waals surface area (Å²) < 4.78 is 11.2. The Bertz CT molecular complexity index is 412. The van der Waals surface area contributed by atoms with Crippen molar-refractivity contribution in [2.24, 2.45) is 11.8 Å². The zero-order valence-corrected chi connectivity index (χ0v) is 16.2. The van der Waals surface area contributed by atoms with Gasteiger partial charge in [0.15, 0.2) is 0 Å². The van der Waals surface area contributed by atoms with E-state index < -0.39 is 5.60 Å². The molecule has 0 N–H and O–H groups in total. The van der Waals surface area contributed by atoms with Gasteiger partial charge in [0.05, 0.1) is 12.2 Å². The molecule has 0 amide bonds. The molecule has 0 aliphatic heterocycles. The molecule has 0 aromatic rings. The van der Waals surface area contributed by atoms with Gasteiger partial charge in [0, 0.05) is 7.11 Å². The molecule has 0 unspecified atom stereocenters. The number of allylic oxidation sites excluding steroid dienone is 1. The van der Waals surface area contributed by atoms with E-state index in [9.17, 15) is 4.79 Å². The molecule has 0 saturated heterocycles. The number of ether oxygens (including phenoxy) is 2. The molecule has 24 heavy (non-hydrogen) atoms. The first-order valence-corrected chi connectivity index (χ1v) is 9.87. The molecule has 2 aliphatic rings. The van der Waals surface area contributed by atoms with Crippen LogP contribution in [0.3, 0.4) is 0 Å². The summed E-state index contributed by atoms with van der Waals surface area (Å²) in [7, 11) is 1.68. The van der Waals surface area contributed by atoms with Gasteiger partial charge >= 0.3 is 5.97 Å². The third kappa shape index (κ3) is 5.61. The molecule has 2 fully saturated rings. The summed E-state index contributed by atoms with van der Waals surface area (Å²) in [4.78, 5) is 12.9. The fraction of sp³-hybridized carbons (Fsp3) is 0.857. The fourth-order valence-electron chi connectivity index (χ4n) is 4.40. The normalized spacial score (nSPS) is 20.7. The molecule has 0 bridgehead atoms. The predicted octanol–water partition coefficient (Wildman–Crippen LogP) is 5.43. The molecule has 2 rings (SSSR count). The number of hydrogen-bond donors (Lipinski definition) is 0. The Kier molecular flexibility index (Phi) is 7.34. The highest BCUT2D eigenvalue weighted by atomic mass is 16.6. The first kappa shape index (κ1) is 19.5. The third-order valence-electron chi connectivity index (χ3n) is 5.37. The molecular formula is C21H36O3. The summed E-state index contributed by atoms with van der Waals surface area (Å²) >= 11 is 0. The SMILES string of the molecule is COCC(C(=O)OC(C)(C)C)=C(C1CCCCC1)C1CCCCC1. The maximum Gasteiger partial charge on any atom is 0.336 e. The van der Waals surface area contributed by atoms with Crippen LogP contribution in [0.4, 0.5) is 0 Å². The minimum Gasteiger partial charge on any atom is -0.457 e. The molecule has 2 saturated carbocycles. The van der Waals surface area contributed by atoms with Gasteiger partial charge in [-0.2, -0.15) is 0 Å². The molecule has 3 heteroatoms. The van der Waals surface area contributed by atoms with E-state index in [2.05, 4.69) is 0 Å². The van der Waals surface area contributed by atoms with E-state index in [4.69, 9.17) is 9.47 Å². The largest absolute Gasteiger partial charge is 0.457 e. The molecule has 0 spiro atoms. The standard InChI is InChI=1S/C21H36O3/c1-21(2,3)24-20(22)18(15-23-4)19(16-11-7-5-8-12-16)17-13-9-6-10-14-17/h16-17H,5-15H2,1-4H3. The van der Waals surface area contributed by atoms with Crippen LogP contribution >= 0.6 is 0 Å². The number of hydrogen-bond acceptors (Lipinski definition) is 3. The van der Waals surface area contributed by atoms with E-state index in [0.29, 0.717) is 18.4 Å². The number of carbonyl (C=O) groups excluding carboxylic acids is 1. The summed E-state index contributed by atoms with van der Waals surface area (Å²) in [5.74, 6) is 0.953. The zero-order chi connectivity index (χ0) is 17.6. The molecule has 138 valence electrons. The van der Waals surface area contributed by atoms with Gasteiger partial charge in [-0.25, -0.2) is 4.79 Å². The van der Waals surface area contributed by atoms with Gasteiger partial charge in [-0.3, -0.25) is 0 Å². The average Bonchev–Trinajstić information content (AvgIpc) is 2.55. The Morgan fingerprint density at radius 3 is 1.71 bits per heavy atom. The molecule has 0 atom stereocenters. The van der Waals surface area contributed by atoms with Crippen LogP contribution in [-0.4, -0.2) is 25.3 Å². The van der Waals surface area contributed by atoms with Crippen molar-refractivity contribution >= 4 is 5.97 Å². The summed E-state index contributed by atoms with van der Waals surface area (Å²) in [6, 6.07) is 0. The van der Waals surface area contributed by atoms with Crippen LogP contribution in [0.2, 0.25) is 0 Å². The first-order chi connectivity index (χ1) is 11.4. The molecule has 0 aromatic carbocycles. The maximum atomic E-state index is 12.9. The van der Waals surface area contributed by atoms with Crippen LogP contribution in [-0.2, 0) is 14.3 Å². The quantitative estimate of drug-likeness (QED) is 0.496. The van der Waals surface area contributed by atoms with Crippen molar-refractivity contribution in [1.82, 2.24) is 0 Å². The highest BCUT2D eigenvalue weighted by molar-refractivity contribution is 5.90. The van der Waals surface area contributed by atoms with Crippen LogP contribution in [0.15, 0.2) is 11.1 Å². The maximum absolute atomic E-state index is 12.9. The number of carbonyl (C=O) groups is 1. The van der Waals surface area contributed by atoms with Crippen molar-refractivity contribution in [2.45, 2.75) is 90.6 Å². The Morgan fingerprint density at radius 2 is 1.33 bits per heavy atom. The topological polar surface area (TPSA) is 35.5 Å². The van der Waals surface area contributed by atoms with Gasteiger partial charge in [-0.1, -0.05) is 44.1 Å². The summed E-state index contributed by atoms with van der Waals surface area (Å²) in [5, 5.41) is 0. The van der Waals surface area contributed by atoms with Crippen LogP contribution in [0.5, 0.6) is 0 Å². The average molecular weight is 337 g/mol. The van der Waals surface area contributed by atoms with Gasteiger partial charge in [-0.05, 0) is 58.3 Å². The van der Waals surface area contributed by atoms with E-state index in [-0.39, 0.29) is 5.97 Å². The monoisotopic (exact) mass is 336 g/mol. The minimum atomic E-state index is -0.458. The summed E-state index contributed by atoms with van der Waals surface area (Å²) in [6.45, 7) is 6.21. The Morgan fingerprint density at radius 1 is 0.875 bits per heavy atom. The molecular weight excluding hydrogens is 300 g/mol. The van der Waals surface area contributed by atoms with Crippen LogP contribution in [0, 0.1) is 11.8 Å². The predicted molar refractivity (Wildman–Crippen MR) is 97.9 cm³/mol. The fourth-order valence-corrected chi connectivity index (χ4v) is 4.40. The Balaban J connectivity index is 2.35. The lowest BCUT2D eigenvalue weighted by Gasteiger charge is -2.34. The van der Waals surface area contributed by atoms with Crippen molar-refractivity contribution in [1.29, 1.82) is 0 Å². The molecule has 0 heterocycles. The zero-order valence-electron chi connectivity index (χ0n) is 16.2.